The Morgan fingerprint density at radius 1 is 1.18 bits per heavy atom. The van der Waals surface area contributed by atoms with Gasteiger partial charge in [-0.05, 0) is 78.1 Å². The van der Waals surface area contributed by atoms with Gasteiger partial charge in [0.1, 0.15) is 11.6 Å². The maximum Gasteiger partial charge on any atom is 0.278 e. The molecule has 2 aliphatic heterocycles. The summed E-state index contributed by atoms with van der Waals surface area (Å²) >= 11 is 9.49. The molecule has 0 saturated carbocycles. The minimum absolute atomic E-state index is 0.308. The van der Waals surface area contributed by atoms with Crippen LogP contribution in [0.1, 0.15) is 42.6 Å². The highest BCUT2D eigenvalue weighted by atomic mass is 79.9. The van der Waals surface area contributed by atoms with Crippen molar-refractivity contribution in [3.63, 3.8) is 0 Å². The summed E-state index contributed by atoms with van der Waals surface area (Å²) in [6.07, 6.45) is 3.71. The summed E-state index contributed by atoms with van der Waals surface area (Å²) in [5.74, 6) is 0.930. The minimum Gasteiger partial charge on any atom is -0.444 e. The van der Waals surface area contributed by atoms with Gasteiger partial charge in [-0.2, -0.15) is 0 Å². The quantitative estimate of drug-likeness (QED) is 0.232. The van der Waals surface area contributed by atoms with E-state index in [1.54, 1.807) is 32.4 Å². The number of pyridine rings is 1. The summed E-state index contributed by atoms with van der Waals surface area (Å²) in [5, 5.41) is 0.334. The Balaban J connectivity index is 1.17. The van der Waals surface area contributed by atoms with Gasteiger partial charge in [-0.15, -0.1) is 0 Å². The molecule has 1 unspecified atom stereocenters. The van der Waals surface area contributed by atoms with Crippen molar-refractivity contribution in [3.05, 3.63) is 80.9 Å². The first-order valence-electron chi connectivity index (χ1n) is 13.0. The van der Waals surface area contributed by atoms with Crippen molar-refractivity contribution in [3.8, 4) is 11.5 Å². The lowest BCUT2D eigenvalue weighted by atomic mass is 9.88. The molecule has 0 bridgehead atoms. The number of piperidine rings is 1. The number of likely N-dealkylation sites (tertiary alicyclic amines) is 1. The van der Waals surface area contributed by atoms with Gasteiger partial charge in [-0.3, -0.25) is 4.90 Å². The Hall–Kier alpha value is -2.72. The SMILES string of the molecule is COCCn1c(CN2CCC(c3cccc4c3OC(C)(c3ccc(Cl)cc3F)O4)CC2)nc2ncc(Br)cc21. The Bertz CT molecular complexity index is 1520. The molecular formula is C29H29BrClFN4O3. The molecule has 10 heteroatoms. The fourth-order valence-corrected chi connectivity index (χ4v) is 6.10. The number of aromatic nitrogens is 3. The molecule has 7 nitrogen and oxygen atoms in total. The lowest BCUT2D eigenvalue weighted by Crippen LogP contribution is -2.34. The first-order valence-corrected chi connectivity index (χ1v) is 14.2. The average molecular weight is 616 g/mol. The third-order valence-electron chi connectivity index (χ3n) is 7.59. The van der Waals surface area contributed by atoms with Crippen LogP contribution in [0.5, 0.6) is 11.5 Å². The number of imidazole rings is 1. The molecule has 2 aromatic heterocycles. The number of fused-ring (bicyclic) bond motifs is 2. The van der Waals surface area contributed by atoms with Gasteiger partial charge in [0.15, 0.2) is 17.1 Å². The standard InChI is InChI=1S/C29H29BrClFN4O3/c1-29(22-7-6-20(31)15-23(22)32)38-25-5-3-4-21(27(25)39-29)18-8-10-35(11-9-18)17-26-34-28-24(14-19(30)16-33-28)36(26)12-13-37-2/h3-7,14-16,18H,8-13,17H2,1-2H3. The van der Waals surface area contributed by atoms with Crippen LogP contribution in [-0.4, -0.2) is 46.2 Å². The second-order valence-electron chi connectivity index (χ2n) is 10.2. The Morgan fingerprint density at radius 2 is 2.00 bits per heavy atom. The van der Waals surface area contributed by atoms with Gasteiger partial charge in [-0.25, -0.2) is 14.4 Å². The minimum atomic E-state index is -1.25. The molecule has 2 aliphatic rings. The predicted molar refractivity (Wildman–Crippen MR) is 151 cm³/mol. The number of nitrogens with zero attached hydrogens (tertiary/aromatic N) is 4. The fraction of sp³-hybridized carbons (Fsp3) is 0.379. The molecule has 1 atom stereocenters. The predicted octanol–water partition coefficient (Wildman–Crippen LogP) is 6.66. The van der Waals surface area contributed by atoms with E-state index in [2.05, 4.69) is 42.5 Å². The molecule has 0 spiro atoms. The highest BCUT2D eigenvalue weighted by molar-refractivity contribution is 9.10. The summed E-state index contributed by atoms with van der Waals surface area (Å²) < 4.78 is 35.8. The van der Waals surface area contributed by atoms with E-state index in [4.69, 9.17) is 30.8 Å². The molecule has 4 aromatic rings. The molecule has 1 fully saturated rings. The third kappa shape index (κ3) is 5.13. The van der Waals surface area contributed by atoms with Gasteiger partial charge in [-0.1, -0.05) is 23.7 Å². The smallest absolute Gasteiger partial charge is 0.278 e. The molecule has 0 N–H and O–H groups in total. The number of para-hydroxylation sites is 1. The molecule has 6 rings (SSSR count). The number of hydrogen-bond donors (Lipinski definition) is 0. The van der Waals surface area contributed by atoms with E-state index >= 15 is 0 Å². The summed E-state index contributed by atoms with van der Waals surface area (Å²) in [6.45, 7) is 5.65. The normalized spacial score (nSPS) is 19.7. The number of rotatable bonds is 7. The summed E-state index contributed by atoms with van der Waals surface area (Å²) in [7, 11) is 1.71. The highest BCUT2D eigenvalue weighted by Gasteiger charge is 2.43. The molecule has 0 amide bonds. The van der Waals surface area contributed by atoms with E-state index in [-0.39, 0.29) is 0 Å². The maximum absolute atomic E-state index is 14.8. The van der Waals surface area contributed by atoms with Crippen LogP contribution in [-0.2, 0) is 23.6 Å². The first-order chi connectivity index (χ1) is 18.8. The fourth-order valence-electron chi connectivity index (χ4n) is 5.62. The van der Waals surface area contributed by atoms with Crippen molar-refractivity contribution in [2.45, 2.75) is 44.6 Å². The van der Waals surface area contributed by atoms with Crippen LogP contribution < -0.4 is 9.47 Å². The van der Waals surface area contributed by atoms with Crippen molar-refractivity contribution in [1.29, 1.82) is 0 Å². The van der Waals surface area contributed by atoms with Crippen LogP contribution in [0.15, 0.2) is 53.1 Å². The molecule has 1 saturated heterocycles. The number of halogens is 3. The number of benzene rings is 2. The lowest BCUT2D eigenvalue weighted by molar-refractivity contribution is -0.0712. The van der Waals surface area contributed by atoms with E-state index < -0.39 is 11.6 Å². The molecule has 2 aromatic carbocycles. The third-order valence-corrected chi connectivity index (χ3v) is 8.26. The van der Waals surface area contributed by atoms with Gasteiger partial charge >= 0.3 is 0 Å². The van der Waals surface area contributed by atoms with Crippen molar-refractivity contribution in [2.24, 2.45) is 0 Å². The second kappa shape index (κ2) is 10.7. The molecule has 0 aliphatic carbocycles. The molecule has 4 heterocycles. The number of hydrogen-bond acceptors (Lipinski definition) is 6. The monoisotopic (exact) mass is 614 g/mol. The van der Waals surface area contributed by atoms with E-state index in [0.717, 1.165) is 66.0 Å². The van der Waals surface area contributed by atoms with Crippen molar-refractivity contribution in [2.75, 3.05) is 26.8 Å². The van der Waals surface area contributed by atoms with Crippen molar-refractivity contribution in [1.82, 2.24) is 19.4 Å². The molecule has 39 heavy (non-hydrogen) atoms. The van der Waals surface area contributed by atoms with Crippen LogP contribution in [0.25, 0.3) is 11.2 Å². The van der Waals surface area contributed by atoms with E-state index in [0.29, 0.717) is 34.6 Å². The molecule has 204 valence electrons. The highest BCUT2D eigenvalue weighted by Crippen LogP contribution is 2.49. The zero-order valence-electron chi connectivity index (χ0n) is 21.8. The number of methoxy groups -OCH3 is 1. The van der Waals surface area contributed by atoms with Crippen molar-refractivity contribution >= 4 is 38.7 Å². The van der Waals surface area contributed by atoms with Crippen LogP contribution in [0, 0.1) is 5.82 Å². The average Bonchev–Trinajstić information content (AvgIpc) is 3.44. The van der Waals surface area contributed by atoms with Crippen LogP contribution >= 0.6 is 27.5 Å². The van der Waals surface area contributed by atoms with Gasteiger partial charge in [0.25, 0.3) is 5.79 Å². The summed E-state index contributed by atoms with van der Waals surface area (Å²) in [5.41, 5.74) is 3.17. The Morgan fingerprint density at radius 3 is 2.77 bits per heavy atom. The Labute approximate surface area is 240 Å². The second-order valence-corrected chi connectivity index (χ2v) is 11.5. The van der Waals surface area contributed by atoms with Gasteiger partial charge < -0.3 is 18.8 Å². The van der Waals surface area contributed by atoms with Gasteiger partial charge in [0.05, 0.1) is 24.2 Å². The van der Waals surface area contributed by atoms with E-state index in [9.17, 15) is 4.39 Å². The topological polar surface area (TPSA) is 61.6 Å². The summed E-state index contributed by atoms with van der Waals surface area (Å²) in [6, 6.07) is 12.6. The zero-order chi connectivity index (χ0) is 27.1. The molecular weight excluding hydrogens is 587 g/mol. The lowest BCUT2D eigenvalue weighted by Gasteiger charge is -2.32. The van der Waals surface area contributed by atoms with Crippen molar-refractivity contribution < 1.29 is 18.6 Å². The first kappa shape index (κ1) is 26.5. The van der Waals surface area contributed by atoms with Gasteiger partial charge in [0, 0.05) is 41.8 Å². The van der Waals surface area contributed by atoms with E-state index in [1.807, 2.05) is 12.1 Å². The van der Waals surface area contributed by atoms with Crippen LogP contribution in [0.4, 0.5) is 4.39 Å². The zero-order valence-corrected chi connectivity index (χ0v) is 24.1. The largest absolute Gasteiger partial charge is 0.444 e. The summed E-state index contributed by atoms with van der Waals surface area (Å²) in [4.78, 5) is 11.8. The Kier molecular flexibility index (Phi) is 7.26. The maximum atomic E-state index is 14.8. The van der Waals surface area contributed by atoms with E-state index in [1.165, 1.54) is 6.07 Å². The molecule has 0 radical (unpaired) electrons. The van der Waals surface area contributed by atoms with Gasteiger partial charge in [0.2, 0.25) is 0 Å². The van der Waals surface area contributed by atoms with Crippen LogP contribution in [0.3, 0.4) is 0 Å². The van der Waals surface area contributed by atoms with Crippen LogP contribution in [0.2, 0.25) is 5.02 Å². The number of ether oxygens (including phenoxy) is 3.